The predicted molar refractivity (Wildman–Crippen MR) is 72.6 cm³/mol. The van der Waals surface area contributed by atoms with Crippen molar-refractivity contribution < 1.29 is 14.3 Å². The summed E-state index contributed by atoms with van der Waals surface area (Å²) in [5, 5.41) is 1.83. The van der Waals surface area contributed by atoms with Gasteiger partial charge in [0.25, 0.3) is 0 Å². The number of hydrogen-bond acceptors (Lipinski definition) is 3. The van der Waals surface area contributed by atoms with Gasteiger partial charge in [0.1, 0.15) is 0 Å². The van der Waals surface area contributed by atoms with Gasteiger partial charge in [0, 0.05) is 17.0 Å². The molecule has 2 rings (SSSR count). The summed E-state index contributed by atoms with van der Waals surface area (Å²) in [6.45, 7) is 1.06. The molecule has 0 saturated heterocycles. The summed E-state index contributed by atoms with van der Waals surface area (Å²) in [5.41, 5.74) is 0.565. The van der Waals surface area contributed by atoms with Crippen LogP contribution in [0.2, 0.25) is 0 Å². The number of esters is 1. The molecule has 2 aromatic rings. The van der Waals surface area contributed by atoms with Gasteiger partial charge in [-0.1, -0.05) is 40.2 Å². The minimum Gasteiger partial charge on any atom is -0.457 e. The first-order valence-electron chi connectivity index (χ1n) is 5.43. The molecule has 0 aliphatic rings. The Kier molecular flexibility index (Phi) is 3.77. The second kappa shape index (κ2) is 5.31. The Hall–Kier alpha value is -1.68. The van der Waals surface area contributed by atoms with Crippen LogP contribution in [0, 0.1) is 0 Å². The highest BCUT2D eigenvalue weighted by Gasteiger charge is 2.11. The third kappa shape index (κ3) is 2.76. The topological polar surface area (TPSA) is 43.4 Å². The van der Waals surface area contributed by atoms with E-state index in [9.17, 15) is 9.59 Å². The highest BCUT2D eigenvalue weighted by molar-refractivity contribution is 9.10. The van der Waals surface area contributed by atoms with Crippen LogP contribution in [0.25, 0.3) is 10.8 Å². The number of Topliss-reactive ketones (excluding diaryl/α,β-unsaturated/α-hetero) is 1. The number of rotatable bonds is 3. The second-order valence-corrected chi connectivity index (χ2v) is 4.79. The number of hydrogen-bond donors (Lipinski definition) is 0. The van der Waals surface area contributed by atoms with Crippen LogP contribution in [-0.4, -0.2) is 18.4 Å². The Morgan fingerprint density at radius 3 is 2.72 bits per heavy atom. The molecule has 92 valence electrons. The quantitative estimate of drug-likeness (QED) is 0.645. The lowest BCUT2D eigenvalue weighted by Crippen LogP contribution is -2.12. The van der Waals surface area contributed by atoms with Crippen LogP contribution in [0.3, 0.4) is 0 Å². The number of fused-ring (bicyclic) bond motifs is 1. The van der Waals surface area contributed by atoms with Crippen LogP contribution < -0.4 is 0 Å². The van der Waals surface area contributed by atoms with Gasteiger partial charge in [0.2, 0.25) is 5.78 Å². The van der Waals surface area contributed by atoms with Crippen molar-refractivity contribution in [3.63, 3.8) is 0 Å². The molecule has 0 aliphatic heterocycles. The molecule has 0 unspecified atom stereocenters. The number of ether oxygens (including phenoxy) is 1. The molecule has 0 radical (unpaired) electrons. The molecule has 0 aromatic heterocycles. The Morgan fingerprint density at radius 2 is 2.00 bits per heavy atom. The fourth-order valence-corrected chi connectivity index (χ4v) is 2.09. The van der Waals surface area contributed by atoms with Crippen molar-refractivity contribution in [1.82, 2.24) is 0 Å². The number of ketones is 1. The third-order valence-corrected chi connectivity index (χ3v) is 3.04. The normalized spacial score (nSPS) is 10.3. The highest BCUT2D eigenvalue weighted by atomic mass is 79.9. The Balaban J connectivity index is 2.40. The zero-order valence-corrected chi connectivity index (χ0v) is 11.4. The standard InChI is InChI=1S/C14H11BrO3/c1-9(16)18-8-14(17)12-4-2-3-10-5-6-11(15)7-13(10)12/h2-7H,8H2,1H3. The van der Waals surface area contributed by atoms with Gasteiger partial charge in [0.05, 0.1) is 0 Å². The van der Waals surface area contributed by atoms with E-state index in [1.54, 1.807) is 6.07 Å². The molecule has 0 spiro atoms. The summed E-state index contributed by atoms with van der Waals surface area (Å²) in [6, 6.07) is 11.2. The van der Waals surface area contributed by atoms with Crippen molar-refractivity contribution >= 4 is 38.5 Å². The first kappa shape index (κ1) is 12.8. The van der Waals surface area contributed by atoms with Crippen LogP contribution in [0.5, 0.6) is 0 Å². The van der Waals surface area contributed by atoms with Crippen molar-refractivity contribution in [2.24, 2.45) is 0 Å². The largest absolute Gasteiger partial charge is 0.457 e. The van der Waals surface area contributed by atoms with Gasteiger partial charge in [-0.15, -0.1) is 0 Å². The molecule has 0 bridgehead atoms. The van der Waals surface area contributed by atoms with E-state index in [-0.39, 0.29) is 12.4 Å². The predicted octanol–water partition coefficient (Wildman–Crippen LogP) is 3.35. The van der Waals surface area contributed by atoms with Crippen molar-refractivity contribution in [2.45, 2.75) is 6.92 Å². The number of halogens is 1. The average molecular weight is 307 g/mol. The van der Waals surface area contributed by atoms with Gasteiger partial charge in [-0.2, -0.15) is 0 Å². The van der Waals surface area contributed by atoms with Crippen LogP contribution >= 0.6 is 15.9 Å². The van der Waals surface area contributed by atoms with E-state index < -0.39 is 5.97 Å². The van der Waals surface area contributed by atoms with E-state index in [2.05, 4.69) is 15.9 Å². The first-order chi connectivity index (χ1) is 8.58. The lowest BCUT2D eigenvalue weighted by molar-refractivity contribution is -0.139. The molecule has 0 amide bonds. The van der Waals surface area contributed by atoms with Crippen LogP contribution in [-0.2, 0) is 9.53 Å². The number of carbonyl (C=O) groups excluding carboxylic acids is 2. The van der Waals surface area contributed by atoms with Crippen molar-refractivity contribution in [3.05, 3.63) is 46.4 Å². The molecule has 3 nitrogen and oxygen atoms in total. The molecular formula is C14H11BrO3. The Morgan fingerprint density at radius 1 is 1.22 bits per heavy atom. The summed E-state index contributed by atoms with van der Waals surface area (Å²) in [6.07, 6.45) is 0. The molecule has 18 heavy (non-hydrogen) atoms. The molecule has 2 aromatic carbocycles. The molecule has 4 heteroatoms. The van der Waals surface area contributed by atoms with Gasteiger partial charge in [-0.05, 0) is 22.9 Å². The van der Waals surface area contributed by atoms with E-state index in [1.165, 1.54) is 6.92 Å². The average Bonchev–Trinajstić information content (AvgIpc) is 2.35. The lowest BCUT2D eigenvalue weighted by atomic mass is 10.0. The second-order valence-electron chi connectivity index (χ2n) is 3.87. The maximum atomic E-state index is 12.0. The molecule has 0 N–H and O–H groups in total. The SMILES string of the molecule is CC(=O)OCC(=O)c1cccc2ccc(Br)cc12. The molecule has 0 saturated carbocycles. The van der Waals surface area contributed by atoms with Crippen molar-refractivity contribution in [3.8, 4) is 0 Å². The molecule has 0 aliphatic carbocycles. The van der Waals surface area contributed by atoms with Crippen molar-refractivity contribution in [2.75, 3.05) is 6.61 Å². The fraction of sp³-hybridized carbons (Fsp3) is 0.143. The maximum Gasteiger partial charge on any atom is 0.303 e. The van der Waals surface area contributed by atoms with E-state index in [0.717, 1.165) is 15.2 Å². The van der Waals surface area contributed by atoms with E-state index >= 15 is 0 Å². The Labute approximate surface area is 113 Å². The highest BCUT2D eigenvalue weighted by Crippen LogP contribution is 2.23. The fourth-order valence-electron chi connectivity index (χ4n) is 1.73. The van der Waals surface area contributed by atoms with Gasteiger partial charge in [-0.3, -0.25) is 9.59 Å². The van der Waals surface area contributed by atoms with E-state index in [1.807, 2.05) is 30.3 Å². The van der Waals surface area contributed by atoms with Crippen LogP contribution in [0.15, 0.2) is 40.9 Å². The van der Waals surface area contributed by atoms with Gasteiger partial charge in [0.15, 0.2) is 6.61 Å². The van der Waals surface area contributed by atoms with Crippen molar-refractivity contribution in [1.29, 1.82) is 0 Å². The number of carbonyl (C=O) groups is 2. The summed E-state index contributed by atoms with van der Waals surface area (Å²) in [7, 11) is 0. The Bertz CT molecular complexity index is 619. The zero-order valence-electron chi connectivity index (χ0n) is 9.77. The summed E-state index contributed by atoms with van der Waals surface area (Å²) in [5.74, 6) is -0.654. The summed E-state index contributed by atoms with van der Waals surface area (Å²) >= 11 is 3.38. The minimum absolute atomic E-state index is 0.200. The molecular weight excluding hydrogens is 296 g/mol. The number of benzene rings is 2. The summed E-state index contributed by atoms with van der Waals surface area (Å²) in [4.78, 5) is 22.7. The first-order valence-corrected chi connectivity index (χ1v) is 6.22. The minimum atomic E-state index is -0.454. The zero-order chi connectivity index (χ0) is 13.1. The van der Waals surface area contributed by atoms with Crippen LogP contribution in [0.1, 0.15) is 17.3 Å². The maximum absolute atomic E-state index is 12.0. The monoisotopic (exact) mass is 306 g/mol. The van der Waals surface area contributed by atoms with E-state index in [0.29, 0.717) is 5.56 Å². The lowest BCUT2D eigenvalue weighted by Gasteiger charge is -2.06. The molecule has 0 heterocycles. The van der Waals surface area contributed by atoms with Crippen LogP contribution in [0.4, 0.5) is 0 Å². The smallest absolute Gasteiger partial charge is 0.303 e. The van der Waals surface area contributed by atoms with Gasteiger partial charge < -0.3 is 4.74 Å². The molecule has 0 atom stereocenters. The van der Waals surface area contributed by atoms with E-state index in [4.69, 9.17) is 4.74 Å². The third-order valence-electron chi connectivity index (χ3n) is 2.55. The van der Waals surface area contributed by atoms with Gasteiger partial charge in [-0.25, -0.2) is 0 Å². The molecule has 0 fully saturated rings. The summed E-state index contributed by atoms with van der Waals surface area (Å²) < 4.78 is 5.64. The van der Waals surface area contributed by atoms with Gasteiger partial charge >= 0.3 is 5.97 Å².